The molecule has 0 unspecified atom stereocenters. The van der Waals surface area contributed by atoms with Gasteiger partial charge >= 0.3 is 0 Å². The maximum absolute atomic E-state index is 10.9. The molecule has 124 valence electrons. The third-order valence-corrected chi connectivity index (χ3v) is 4.04. The van der Waals surface area contributed by atoms with Crippen LogP contribution < -0.4 is 10.6 Å². The average molecular weight is 333 g/mol. The van der Waals surface area contributed by atoms with Crippen molar-refractivity contribution in [2.24, 2.45) is 0 Å². The monoisotopic (exact) mass is 333 g/mol. The summed E-state index contributed by atoms with van der Waals surface area (Å²) in [6.45, 7) is 6.48. The van der Waals surface area contributed by atoms with Crippen LogP contribution in [0.3, 0.4) is 0 Å². The van der Waals surface area contributed by atoms with Gasteiger partial charge in [0.15, 0.2) is 5.13 Å². The first-order valence-corrected chi connectivity index (χ1v) is 8.68. The van der Waals surface area contributed by atoms with Crippen LogP contribution in [-0.2, 0) is 16.1 Å². The number of carbonyl (C=O) groups excluding carboxylic acids is 1. The van der Waals surface area contributed by atoms with Crippen molar-refractivity contribution < 1.29 is 9.53 Å². The largest absolute Gasteiger partial charge is 0.382 e. The van der Waals surface area contributed by atoms with Crippen molar-refractivity contribution in [1.82, 2.24) is 10.3 Å². The predicted molar refractivity (Wildman–Crippen MR) is 94.7 cm³/mol. The van der Waals surface area contributed by atoms with Crippen LogP contribution in [0.2, 0.25) is 0 Å². The van der Waals surface area contributed by atoms with E-state index in [0.29, 0.717) is 6.54 Å². The zero-order valence-electron chi connectivity index (χ0n) is 13.6. The summed E-state index contributed by atoms with van der Waals surface area (Å²) in [6, 6.07) is 8.09. The van der Waals surface area contributed by atoms with Gasteiger partial charge in [-0.2, -0.15) is 0 Å². The minimum Gasteiger partial charge on any atom is -0.382 e. The summed E-state index contributed by atoms with van der Waals surface area (Å²) in [7, 11) is 0. The molecule has 0 bridgehead atoms. The van der Waals surface area contributed by atoms with Crippen molar-refractivity contribution in [3.8, 4) is 11.3 Å². The SMILES string of the molecule is CCOCCCNc1nc(-c2ccc(CNC(C)=O)cc2)cs1. The van der Waals surface area contributed by atoms with Crippen LogP contribution >= 0.6 is 11.3 Å². The van der Waals surface area contributed by atoms with E-state index in [1.54, 1.807) is 11.3 Å². The Morgan fingerprint density at radius 3 is 2.78 bits per heavy atom. The van der Waals surface area contributed by atoms with Gasteiger partial charge in [0, 0.05) is 44.2 Å². The second-order valence-corrected chi connectivity index (χ2v) is 5.98. The molecule has 1 amide bonds. The molecule has 1 aromatic carbocycles. The fraction of sp³-hybridized carbons (Fsp3) is 0.412. The molecule has 2 aromatic rings. The minimum atomic E-state index is -0.0198. The van der Waals surface area contributed by atoms with Gasteiger partial charge in [-0.15, -0.1) is 11.3 Å². The molecule has 0 spiro atoms. The molecular formula is C17H23N3O2S. The van der Waals surface area contributed by atoms with E-state index in [0.717, 1.165) is 48.1 Å². The van der Waals surface area contributed by atoms with Crippen LogP contribution in [-0.4, -0.2) is 30.6 Å². The van der Waals surface area contributed by atoms with Crippen LogP contribution in [0.15, 0.2) is 29.6 Å². The van der Waals surface area contributed by atoms with Crippen LogP contribution in [0.25, 0.3) is 11.3 Å². The first-order valence-electron chi connectivity index (χ1n) is 7.80. The fourth-order valence-electron chi connectivity index (χ4n) is 2.02. The average Bonchev–Trinajstić information content (AvgIpc) is 3.02. The molecular weight excluding hydrogens is 310 g/mol. The zero-order chi connectivity index (χ0) is 16.5. The number of carbonyl (C=O) groups is 1. The summed E-state index contributed by atoms with van der Waals surface area (Å²) in [5.74, 6) is -0.0198. The van der Waals surface area contributed by atoms with Crippen molar-refractivity contribution >= 4 is 22.4 Å². The summed E-state index contributed by atoms with van der Waals surface area (Å²) in [5.41, 5.74) is 3.12. The smallest absolute Gasteiger partial charge is 0.217 e. The highest BCUT2D eigenvalue weighted by atomic mass is 32.1. The molecule has 0 atom stereocenters. The summed E-state index contributed by atoms with van der Waals surface area (Å²) >= 11 is 1.61. The molecule has 0 aliphatic rings. The number of thiazole rings is 1. The van der Waals surface area contributed by atoms with E-state index in [-0.39, 0.29) is 5.91 Å². The maximum atomic E-state index is 10.9. The molecule has 1 heterocycles. The van der Waals surface area contributed by atoms with Crippen molar-refractivity contribution in [1.29, 1.82) is 0 Å². The topological polar surface area (TPSA) is 63.2 Å². The Kier molecular flexibility index (Phi) is 7.03. The summed E-state index contributed by atoms with van der Waals surface area (Å²) in [5, 5.41) is 9.09. The first-order chi connectivity index (χ1) is 11.2. The molecule has 6 heteroatoms. The lowest BCUT2D eigenvalue weighted by atomic mass is 10.1. The Morgan fingerprint density at radius 2 is 2.09 bits per heavy atom. The first kappa shape index (κ1) is 17.4. The fourth-order valence-corrected chi connectivity index (χ4v) is 2.77. The highest BCUT2D eigenvalue weighted by molar-refractivity contribution is 7.14. The van der Waals surface area contributed by atoms with Gasteiger partial charge in [0.05, 0.1) is 5.69 Å². The van der Waals surface area contributed by atoms with E-state index in [9.17, 15) is 4.79 Å². The van der Waals surface area contributed by atoms with Crippen molar-refractivity contribution in [3.05, 3.63) is 35.2 Å². The van der Waals surface area contributed by atoms with Gasteiger partial charge in [0.25, 0.3) is 0 Å². The lowest BCUT2D eigenvalue weighted by Crippen LogP contribution is -2.18. The van der Waals surface area contributed by atoms with Gasteiger partial charge in [0.1, 0.15) is 0 Å². The Bertz CT molecular complexity index is 611. The third kappa shape index (κ3) is 6.00. The zero-order valence-corrected chi connectivity index (χ0v) is 14.4. The normalized spacial score (nSPS) is 10.5. The van der Waals surface area contributed by atoms with Crippen LogP contribution in [0, 0.1) is 0 Å². The van der Waals surface area contributed by atoms with Gasteiger partial charge in [-0.1, -0.05) is 24.3 Å². The van der Waals surface area contributed by atoms with Crippen molar-refractivity contribution in [3.63, 3.8) is 0 Å². The third-order valence-electron chi connectivity index (χ3n) is 3.24. The van der Waals surface area contributed by atoms with E-state index < -0.39 is 0 Å². The van der Waals surface area contributed by atoms with Crippen molar-refractivity contribution in [2.75, 3.05) is 25.1 Å². The number of anilines is 1. The molecule has 2 N–H and O–H groups in total. The highest BCUT2D eigenvalue weighted by Crippen LogP contribution is 2.25. The van der Waals surface area contributed by atoms with Gasteiger partial charge in [-0.05, 0) is 18.9 Å². The quantitative estimate of drug-likeness (QED) is 0.691. The Hall–Kier alpha value is -1.92. The van der Waals surface area contributed by atoms with Crippen molar-refractivity contribution in [2.45, 2.75) is 26.8 Å². The van der Waals surface area contributed by atoms with Crippen LogP contribution in [0.4, 0.5) is 5.13 Å². The minimum absolute atomic E-state index is 0.0198. The number of aromatic nitrogens is 1. The molecule has 1 aromatic heterocycles. The lowest BCUT2D eigenvalue weighted by molar-refractivity contribution is -0.119. The molecule has 0 saturated heterocycles. The van der Waals surface area contributed by atoms with Gasteiger partial charge in [-0.25, -0.2) is 4.98 Å². The molecule has 5 nitrogen and oxygen atoms in total. The Morgan fingerprint density at radius 1 is 1.30 bits per heavy atom. The standard InChI is InChI=1S/C17H23N3O2S/c1-3-22-10-4-9-18-17-20-16(12-23-17)15-7-5-14(6-8-15)11-19-13(2)21/h5-8,12H,3-4,9-11H2,1-2H3,(H,18,20)(H,19,21). The van der Waals surface area contributed by atoms with Gasteiger partial charge in [-0.3, -0.25) is 4.79 Å². The van der Waals surface area contributed by atoms with Crippen LogP contribution in [0.5, 0.6) is 0 Å². The molecule has 0 aliphatic heterocycles. The number of hydrogen-bond acceptors (Lipinski definition) is 5. The number of nitrogens with zero attached hydrogens (tertiary/aromatic N) is 1. The molecule has 0 saturated carbocycles. The van der Waals surface area contributed by atoms with E-state index >= 15 is 0 Å². The van der Waals surface area contributed by atoms with Gasteiger partial charge < -0.3 is 15.4 Å². The summed E-state index contributed by atoms with van der Waals surface area (Å²) < 4.78 is 5.31. The highest BCUT2D eigenvalue weighted by Gasteiger charge is 2.04. The van der Waals surface area contributed by atoms with E-state index in [2.05, 4.69) is 15.6 Å². The molecule has 0 radical (unpaired) electrons. The number of ether oxygens (including phenoxy) is 1. The number of amides is 1. The molecule has 2 rings (SSSR count). The second-order valence-electron chi connectivity index (χ2n) is 5.12. The number of benzene rings is 1. The lowest BCUT2D eigenvalue weighted by Gasteiger charge is -2.04. The van der Waals surface area contributed by atoms with Gasteiger partial charge in [0.2, 0.25) is 5.91 Å². The number of hydrogen-bond donors (Lipinski definition) is 2. The summed E-state index contributed by atoms with van der Waals surface area (Å²) in [6.07, 6.45) is 0.973. The molecule has 23 heavy (non-hydrogen) atoms. The second kappa shape index (κ2) is 9.27. The molecule has 0 aliphatic carbocycles. The maximum Gasteiger partial charge on any atom is 0.217 e. The Balaban J connectivity index is 1.86. The Labute approximate surface area is 141 Å². The van der Waals surface area contributed by atoms with Crippen LogP contribution in [0.1, 0.15) is 25.8 Å². The summed E-state index contributed by atoms with van der Waals surface area (Å²) in [4.78, 5) is 15.5. The number of rotatable bonds is 9. The van der Waals surface area contributed by atoms with E-state index in [4.69, 9.17) is 4.74 Å². The predicted octanol–water partition coefficient (Wildman–Crippen LogP) is 3.28. The number of nitrogens with one attached hydrogen (secondary N) is 2. The molecule has 0 fully saturated rings. The van der Waals surface area contributed by atoms with E-state index in [1.165, 1.54) is 6.92 Å². The van der Waals surface area contributed by atoms with E-state index in [1.807, 2.05) is 36.6 Å².